The van der Waals surface area contributed by atoms with Gasteiger partial charge in [-0.25, -0.2) is 0 Å². The van der Waals surface area contributed by atoms with E-state index in [1.807, 2.05) is 43.3 Å². The predicted octanol–water partition coefficient (Wildman–Crippen LogP) is 2.98. The normalized spacial score (nSPS) is 14.1. The monoisotopic (exact) mass is 218 g/mol. The third-order valence-corrected chi connectivity index (χ3v) is 2.59. The number of hydrogen-bond donors (Lipinski definition) is 0. The summed E-state index contributed by atoms with van der Waals surface area (Å²) in [5.74, 6) is 0.189. The fraction of sp³-hybridized carbons (Fsp3) is 0.357. The molecule has 2 nitrogen and oxygen atoms in total. The van der Waals surface area contributed by atoms with Gasteiger partial charge >= 0.3 is 0 Å². The summed E-state index contributed by atoms with van der Waals surface area (Å²) in [6.07, 6.45) is 3.06. The second-order valence-electron chi connectivity index (χ2n) is 3.83. The fourth-order valence-electron chi connectivity index (χ4n) is 1.46. The molecule has 1 aromatic rings. The van der Waals surface area contributed by atoms with Crippen molar-refractivity contribution in [2.75, 3.05) is 0 Å². The third-order valence-electron chi connectivity index (χ3n) is 2.59. The number of aldehydes is 1. The molecule has 0 fully saturated rings. The maximum absolute atomic E-state index is 10.5. The second-order valence-corrected chi connectivity index (χ2v) is 3.83. The van der Waals surface area contributed by atoms with Gasteiger partial charge in [0.05, 0.1) is 12.7 Å². The lowest BCUT2D eigenvalue weighted by Gasteiger charge is -2.19. The highest BCUT2D eigenvalue weighted by molar-refractivity contribution is 5.50. The van der Waals surface area contributed by atoms with Crippen LogP contribution in [0.5, 0.6) is 0 Å². The molecule has 0 unspecified atom stereocenters. The first-order valence-corrected chi connectivity index (χ1v) is 5.49. The van der Waals surface area contributed by atoms with Crippen molar-refractivity contribution >= 4 is 6.29 Å². The smallest absolute Gasteiger partial charge is 0.122 e. The molecule has 0 saturated carbocycles. The van der Waals surface area contributed by atoms with Crippen LogP contribution in [0.3, 0.4) is 0 Å². The molecule has 2 heteroatoms. The van der Waals surface area contributed by atoms with Gasteiger partial charge in [0.15, 0.2) is 0 Å². The van der Waals surface area contributed by atoms with Crippen molar-refractivity contribution < 1.29 is 9.53 Å². The summed E-state index contributed by atoms with van der Waals surface area (Å²) in [4.78, 5) is 10.5. The van der Waals surface area contributed by atoms with Crippen molar-refractivity contribution in [3.63, 3.8) is 0 Å². The van der Waals surface area contributed by atoms with Crippen LogP contribution in [0.15, 0.2) is 43.0 Å². The van der Waals surface area contributed by atoms with E-state index in [1.165, 1.54) is 0 Å². The first kappa shape index (κ1) is 12.7. The van der Waals surface area contributed by atoms with Gasteiger partial charge in [-0.05, 0) is 5.56 Å². The molecule has 0 aliphatic carbocycles. The molecule has 86 valence electrons. The van der Waals surface area contributed by atoms with Gasteiger partial charge in [-0.3, -0.25) is 0 Å². The Bertz CT molecular complexity index is 319. The minimum absolute atomic E-state index is 0.0739. The molecule has 0 heterocycles. The van der Waals surface area contributed by atoms with E-state index in [1.54, 1.807) is 0 Å². The Labute approximate surface area is 96.9 Å². The Morgan fingerprint density at radius 3 is 2.62 bits per heavy atom. The zero-order chi connectivity index (χ0) is 11.8. The van der Waals surface area contributed by atoms with Crippen LogP contribution in [0.25, 0.3) is 0 Å². The number of ether oxygens (including phenoxy) is 1. The number of carbonyl (C=O) groups is 1. The van der Waals surface area contributed by atoms with Gasteiger partial charge in [0.25, 0.3) is 0 Å². The average molecular weight is 218 g/mol. The zero-order valence-electron chi connectivity index (χ0n) is 9.63. The molecule has 16 heavy (non-hydrogen) atoms. The van der Waals surface area contributed by atoms with Crippen LogP contribution >= 0.6 is 0 Å². The maximum Gasteiger partial charge on any atom is 0.122 e. The highest BCUT2D eigenvalue weighted by Crippen LogP contribution is 2.14. The van der Waals surface area contributed by atoms with Crippen LogP contribution in [-0.2, 0) is 16.1 Å². The molecule has 0 bridgehead atoms. The van der Waals surface area contributed by atoms with E-state index in [0.717, 1.165) is 11.8 Å². The van der Waals surface area contributed by atoms with E-state index in [9.17, 15) is 4.79 Å². The Kier molecular flexibility index (Phi) is 5.51. The van der Waals surface area contributed by atoms with Crippen LogP contribution in [0.1, 0.15) is 18.9 Å². The van der Waals surface area contributed by atoms with E-state index in [0.29, 0.717) is 13.0 Å². The minimum Gasteiger partial charge on any atom is -0.372 e. The maximum atomic E-state index is 10.5. The van der Waals surface area contributed by atoms with Gasteiger partial charge < -0.3 is 9.53 Å². The molecule has 0 saturated heterocycles. The van der Waals surface area contributed by atoms with Crippen LogP contribution in [-0.4, -0.2) is 12.4 Å². The second kappa shape index (κ2) is 6.96. The molecule has 0 spiro atoms. The van der Waals surface area contributed by atoms with Gasteiger partial charge in [0.1, 0.15) is 6.29 Å². The molecule has 1 rings (SSSR count). The van der Waals surface area contributed by atoms with Gasteiger partial charge in [0.2, 0.25) is 0 Å². The van der Waals surface area contributed by atoms with Crippen molar-refractivity contribution in [1.82, 2.24) is 0 Å². The van der Waals surface area contributed by atoms with Crippen molar-refractivity contribution in [3.8, 4) is 0 Å². The highest BCUT2D eigenvalue weighted by Gasteiger charge is 2.14. The first-order valence-electron chi connectivity index (χ1n) is 5.49. The number of carbonyl (C=O) groups excluding carboxylic acids is 1. The Balaban J connectivity index is 2.49. The van der Waals surface area contributed by atoms with Crippen molar-refractivity contribution in [3.05, 3.63) is 48.6 Å². The molecule has 0 aliphatic heterocycles. The largest absolute Gasteiger partial charge is 0.372 e. The third kappa shape index (κ3) is 3.99. The molecule has 2 atom stereocenters. The van der Waals surface area contributed by atoms with Gasteiger partial charge in [-0.1, -0.05) is 43.3 Å². The van der Waals surface area contributed by atoms with Crippen LogP contribution < -0.4 is 0 Å². The van der Waals surface area contributed by atoms with Crippen LogP contribution in [0, 0.1) is 5.92 Å². The molecule has 0 aromatic heterocycles. The minimum atomic E-state index is -0.0739. The lowest BCUT2D eigenvalue weighted by molar-refractivity contribution is -0.111. The van der Waals surface area contributed by atoms with Crippen LogP contribution in [0.4, 0.5) is 0 Å². The van der Waals surface area contributed by atoms with Gasteiger partial charge in [-0.2, -0.15) is 0 Å². The molecule has 1 aromatic carbocycles. The van der Waals surface area contributed by atoms with E-state index >= 15 is 0 Å². The summed E-state index contributed by atoms with van der Waals surface area (Å²) in [6, 6.07) is 9.95. The van der Waals surface area contributed by atoms with E-state index in [-0.39, 0.29) is 12.0 Å². The summed E-state index contributed by atoms with van der Waals surface area (Å²) in [5, 5.41) is 0. The Morgan fingerprint density at radius 2 is 2.06 bits per heavy atom. The van der Waals surface area contributed by atoms with Gasteiger partial charge in [-0.15, -0.1) is 6.58 Å². The predicted molar refractivity (Wildman–Crippen MR) is 65.1 cm³/mol. The standard InChI is InChI=1S/C14H18O2/c1-3-12(2)14(9-10-15)16-11-13-7-5-4-6-8-13/h3-8,10,12,14H,1,9,11H2,2H3/t12-,14+/m0/s1. The quantitative estimate of drug-likeness (QED) is 0.519. The Morgan fingerprint density at radius 1 is 1.38 bits per heavy atom. The summed E-state index contributed by atoms with van der Waals surface area (Å²) < 4.78 is 5.72. The van der Waals surface area contributed by atoms with E-state index in [2.05, 4.69) is 6.58 Å². The van der Waals surface area contributed by atoms with Crippen molar-refractivity contribution in [2.24, 2.45) is 5.92 Å². The van der Waals surface area contributed by atoms with Crippen molar-refractivity contribution in [2.45, 2.75) is 26.1 Å². The topological polar surface area (TPSA) is 26.3 Å². The molecular weight excluding hydrogens is 200 g/mol. The first-order chi connectivity index (χ1) is 7.77. The van der Waals surface area contributed by atoms with Crippen LogP contribution in [0.2, 0.25) is 0 Å². The summed E-state index contributed by atoms with van der Waals surface area (Å²) in [7, 11) is 0. The lowest BCUT2D eigenvalue weighted by atomic mass is 10.0. The molecular formula is C14H18O2. The van der Waals surface area contributed by atoms with Crippen molar-refractivity contribution in [1.29, 1.82) is 0 Å². The molecule has 0 aliphatic rings. The summed E-state index contributed by atoms with van der Waals surface area (Å²) >= 11 is 0. The fourth-order valence-corrected chi connectivity index (χ4v) is 1.46. The van der Waals surface area contributed by atoms with Gasteiger partial charge in [0, 0.05) is 12.3 Å². The number of rotatable bonds is 7. The summed E-state index contributed by atoms with van der Waals surface area (Å²) in [5.41, 5.74) is 1.12. The zero-order valence-corrected chi connectivity index (χ0v) is 9.63. The number of hydrogen-bond acceptors (Lipinski definition) is 2. The van der Waals surface area contributed by atoms with E-state index < -0.39 is 0 Å². The Hall–Kier alpha value is -1.41. The van der Waals surface area contributed by atoms with E-state index in [4.69, 9.17) is 4.74 Å². The summed E-state index contributed by atoms with van der Waals surface area (Å²) in [6.45, 7) is 6.27. The molecule has 0 amide bonds. The molecule has 0 N–H and O–H groups in total. The highest BCUT2D eigenvalue weighted by atomic mass is 16.5. The average Bonchev–Trinajstić information content (AvgIpc) is 2.34. The molecule has 0 radical (unpaired) electrons. The lowest BCUT2D eigenvalue weighted by Crippen LogP contribution is -2.20. The number of benzene rings is 1. The SMILES string of the molecule is C=C[C@H](C)[C@@H](CC=O)OCc1ccccc1.